The van der Waals surface area contributed by atoms with E-state index in [1.807, 2.05) is 28.8 Å². The van der Waals surface area contributed by atoms with E-state index in [1.54, 1.807) is 0 Å². The lowest BCUT2D eigenvalue weighted by Crippen LogP contribution is -1.84. The molecule has 2 heterocycles. The van der Waals surface area contributed by atoms with Gasteiger partial charge in [0.1, 0.15) is 5.65 Å². The summed E-state index contributed by atoms with van der Waals surface area (Å²) in [6.07, 6.45) is 4.09. The number of pyridine rings is 1. The zero-order valence-corrected chi connectivity index (χ0v) is 13.3. The molecule has 0 aliphatic heterocycles. The molecule has 0 atom stereocenters. The summed E-state index contributed by atoms with van der Waals surface area (Å²) in [7, 11) is 0. The minimum absolute atomic E-state index is 0.973. The van der Waals surface area contributed by atoms with Gasteiger partial charge in [-0.2, -0.15) is 0 Å². The molecule has 2 nitrogen and oxygen atoms in total. The maximum absolute atomic E-state index is 4.67. The van der Waals surface area contributed by atoms with E-state index in [-0.39, 0.29) is 0 Å². The van der Waals surface area contributed by atoms with Gasteiger partial charge in [-0.3, -0.25) is 0 Å². The van der Waals surface area contributed by atoms with Crippen LogP contribution in [0.5, 0.6) is 0 Å². The predicted octanol–water partition coefficient (Wildman–Crippen LogP) is 5.29. The van der Waals surface area contributed by atoms with E-state index in [0.717, 1.165) is 16.9 Å². The molecule has 0 aliphatic carbocycles. The highest BCUT2D eigenvalue weighted by molar-refractivity contribution is 5.70. The van der Waals surface area contributed by atoms with Crippen molar-refractivity contribution in [2.45, 2.75) is 13.8 Å². The molecule has 4 aromatic rings. The highest BCUT2D eigenvalue weighted by Gasteiger charge is 2.05. The van der Waals surface area contributed by atoms with Crippen molar-refractivity contribution in [3.05, 3.63) is 84.2 Å². The van der Waals surface area contributed by atoms with Crippen LogP contribution in [0.15, 0.2) is 73.1 Å². The van der Waals surface area contributed by atoms with Gasteiger partial charge in [-0.25, -0.2) is 4.98 Å². The van der Waals surface area contributed by atoms with E-state index < -0.39 is 0 Å². The summed E-state index contributed by atoms with van der Waals surface area (Å²) in [5.41, 5.74) is 8.27. The standard InChI is InChI=1S/C21H18N2/c1-15-6-7-19(13-16(15)2)17-8-10-18(11-9-17)20-14-23-12-4-3-5-21(23)22-20/h3-14H,1-2H3. The number of fused-ring (bicyclic) bond motifs is 1. The molecule has 23 heavy (non-hydrogen) atoms. The molecule has 0 unspecified atom stereocenters. The maximum atomic E-state index is 4.67. The van der Waals surface area contributed by atoms with Crippen LogP contribution in [0, 0.1) is 13.8 Å². The molecule has 4 rings (SSSR count). The molecule has 2 aromatic carbocycles. The monoisotopic (exact) mass is 298 g/mol. The van der Waals surface area contributed by atoms with Gasteiger partial charge in [-0.05, 0) is 48.2 Å². The molecule has 0 bridgehead atoms. The van der Waals surface area contributed by atoms with Crippen molar-refractivity contribution in [2.24, 2.45) is 0 Å². The lowest BCUT2D eigenvalue weighted by molar-refractivity contribution is 1.19. The summed E-state index contributed by atoms with van der Waals surface area (Å²) < 4.78 is 2.05. The molecular weight excluding hydrogens is 280 g/mol. The molecular formula is C21H18N2. The lowest BCUT2D eigenvalue weighted by atomic mass is 9.99. The summed E-state index contributed by atoms with van der Waals surface area (Å²) in [6.45, 7) is 4.30. The molecule has 0 saturated heterocycles. The number of aryl methyl sites for hydroxylation is 2. The van der Waals surface area contributed by atoms with Gasteiger partial charge in [-0.1, -0.05) is 48.5 Å². The van der Waals surface area contributed by atoms with Crippen LogP contribution in [-0.2, 0) is 0 Å². The number of imidazole rings is 1. The minimum atomic E-state index is 0.973. The van der Waals surface area contributed by atoms with E-state index in [9.17, 15) is 0 Å². The van der Waals surface area contributed by atoms with E-state index >= 15 is 0 Å². The highest BCUT2D eigenvalue weighted by Crippen LogP contribution is 2.26. The predicted molar refractivity (Wildman–Crippen MR) is 95.5 cm³/mol. The smallest absolute Gasteiger partial charge is 0.137 e. The molecule has 0 saturated carbocycles. The Labute approximate surface area is 136 Å². The van der Waals surface area contributed by atoms with Crippen LogP contribution in [0.4, 0.5) is 0 Å². The zero-order chi connectivity index (χ0) is 15.8. The molecule has 2 heteroatoms. The van der Waals surface area contributed by atoms with Crippen LogP contribution in [-0.4, -0.2) is 9.38 Å². The SMILES string of the molecule is Cc1ccc(-c2ccc(-c3cn4ccccc4n3)cc2)cc1C. The fraction of sp³-hybridized carbons (Fsp3) is 0.0952. The van der Waals surface area contributed by atoms with Gasteiger partial charge in [0.2, 0.25) is 0 Å². The Bertz CT molecular complexity index is 945. The first-order chi connectivity index (χ1) is 11.2. The maximum Gasteiger partial charge on any atom is 0.137 e. The third-order valence-corrected chi connectivity index (χ3v) is 4.38. The molecule has 0 radical (unpaired) electrons. The van der Waals surface area contributed by atoms with Crippen molar-refractivity contribution in [1.82, 2.24) is 9.38 Å². The van der Waals surface area contributed by atoms with E-state index in [0.29, 0.717) is 0 Å². The van der Waals surface area contributed by atoms with Crippen LogP contribution in [0.1, 0.15) is 11.1 Å². The van der Waals surface area contributed by atoms with Crippen molar-refractivity contribution < 1.29 is 0 Å². The van der Waals surface area contributed by atoms with Gasteiger partial charge in [0.15, 0.2) is 0 Å². The second-order valence-corrected chi connectivity index (χ2v) is 5.97. The summed E-state index contributed by atoms with van der Waals surface area (Å²) in [5, 5.41) is 0. The summed E-state index contributed by atoms with van der Waals surface area (Å²) in [5.74, 6) is 0. The fourth-order valence-electron chi connectivity index (χ4n) is 2.83. The van der Waals surface area contributed by atoms with E-state index in [2.05, 4.69) is 67.5 Å². The summed E-state index contributed by atoms with van der Waals surface area (Å²) in [4.78, 5) is 4.67. The van der Waals surface area contributed by atoms with Crippen LogP contribution in [0.2, 0.25) is 0 Å². The van der Waals surface area contributed by atoms with Gasteiger partial charge < -0.3 is 4.40 Å². The van der Waals surface area contributed by atoms with Crippen LogP contribution in [0.3, 0.4) is 0 Å². The Morgan fingerprint density at radius 3 is 2.22 bits per heavy atom. The first-order valence-electron chi connectivity index (χ1n) is 7.82. The van der Waals surface area contributed by atoms with Gasteiger partial charge in [0.25, 0.3) is 0 Å². The van der Waals surface area contributed by atoms with Crippen molar-refractivity contribution in [1.29, 1.82) is 0 Å². The number of benzene rings is 2. The molecule has 0 aliphatic rings. The largest absolute Gasteiger partial charge is 0.306 e. The molecule has 2 aromatic heterocycles. The van der Waals surface area contributed by atoms with E-state index in [4.69, 9.17) is 0 Å². The van der Waals surface area contributed by atoms with Gasteiger partial charge in [0, 0.05) is 18.0 Å². The van der Waals surface area contributed by atoms with Crippen molar-refractivity contribution in [2.75, 3.05) is 0 Å². The molecule has 0 amide bonds. The number of rotatable bonds is 2. The minimum Gasteiger partial charge on any atom is -0.306 e. The third-order valence-electron chi connectivity index (χ3n) is 4.38. The first-order valence-corrected chi connectivity index (χ1v) is 7.82. The van der Waals surface area contributed by atoms with Crippen LogP contribution >= 0.6 is 0 Å². The Hall–Kier alpha value is -2.87. The van der Waals surface area contributed by atoms with Crippen molar-refractivity contribution in [3.63, 3.8) is 0 Å². The molecule has 0 N–H and O–H groups in total. The Balaban J connectivity index is 1.71. The molecule has 112 valence electrons. The number of nitrogens with zero attached hydrogens (tertiary/aromatic N) is 2. The van der Waals surface area contributed by atoms with Gasteiger partial charge in [-0.15, -0.1) is 0 Å². The number of hydrogen-bond donors (Lipinski definition) is 0. The first kappa shape index (κ1) is 13.8. The normalized spacial score (nSPS) is 11.0. The van der Waals surface area contributed by atoms with Crippen molar-refractivity contribution >= 4 is 5.65 Å². The third kappa shape index (κ3) is 2.53. The zero-order valence-electron chi connectivity index (χ0n) is 13.3. The van der Waals surface area contributed by atoms with E-state index in [1.165, 1.54) is 22.3 Å². The second-order valence-electron chi connectivity index (χ2n) is 5.97. The highest BCUT2D eigenvalue weighted by atomic mass is 15.0. The van der Waals surface area contributed by atoms with Crippen molar-refractivity contribution in [3.8, 4) is 22.4 Å². The summed E-state index contributed by atoms with van der Waals surface area (Å²) in [6, 6.07) is 21.3. The lowest BCUT2D eigenvalue weighted by Gasteiger charge is -2.06. The van der Waals surface area contributed by atoms with Gasteiger partial charge in [0.05, 0.1) is 5.69 Å². The van der Waals surface area contributed by atoms with Crippen LogP contribution < -0.4 is 0 Å². The average molecular weight is 298 g/mol. The molecule has 0 fully saturated rings. The quantitative estimate of drug-likeness (QED) is 0.492. The Morgan fingerprint density at radius 1 is 0.739 bits per heavy atom. The number of aromatic nitrogens is 2. The summed E-state index contributed by atoms with van der Waals surface area (Å²) >= 11 is 0. The Morgan fingerprint density at radius 2 is 1.48 bits per heavy atom. The Kier molecular flexibility index (Phi) is 3.23. The number of hydrogen-bond acceptors (Lipinski definition) is 1. The second kappa shape index (κ2) is 5.40. The van der Waals surface area contributed by atoms with Crippen LogP contribution in [0.25, 0.3) is 28.0 Å². The average Bonchev–Trinajstić information content (AvgIpc) is 3.02. The van der Waals surface area contributed by atoms with Gasteiger partial charge >= 0.3 is 0 Å². The fourth-order valence-corrected chi connectivity index (χ4v) is 2.83. The molecule has 0 spiro atoms. The topological polar surface area (TPSA) is 17.3 Å².